The maximum absolute atomic E-state index is 12.5. The number of hydrogen-bond donors (Lipinski definition) is 2. The third-order valence-electron chi connectivity index (χ3n) is 5.06. The van der Waals surface area contributed by atoms with Gasteiger partial charge in [-0.2, -0.15) is 0 Å². The Morgan fingerprint density at radius 2 is 1.81 bits per heavy atom. The van der Waals surface area contributed by atoms with Gasteiger partial charge in [0.15, 0.2) is 5.13 Å². The van der Waals surface area contributed by atoms with Gasteiger partial charge in [0.1, 0.15) is 6.61 Å². The fraction of sp³-hybridized carbons (Fsp3) is 0.261. The number of anilines is 2. The molecule has 8 heteroatoms. The van der Waals surface area contributed by atoms with Crippen LogP contribution in [0, 0.1) is 0 Å². The van der Waals surface area contributed by atoms with E-state index in [0.29, 0.717) is 23.9 Å². The van der Waals surface area contributed by atoms with Crippen LogP contribution in [0.1, 0.15) is 29.2 Å². The second kappa shape index (κ2) is 10.1. The lowest BCUT2D eigenvalue weighted by atomic mass is 9.97. The molecule has 2 aromatic carbocycles. The Balaban J connectivity index is 1.30. The Labute approximate surface area is 185 Å². The minimum atomic E-state index is -0.332. The van der Waals surface area contributed by atoms with Crippen LogP contribution in [0.15, 0.2) is 66.9 Å². The number of thiazole rings is 1. The van der Waals surface area contributed by atoms with Crippen molar-refractivity contribution in [3.05, 3.63) is 77.3 Å². The molecule has 1 aliphatic heterocycles. The molecule has 1 aliphatic rings. The smallest absolute Gasteiger partial charge is 0.410 e. The average Bonchev–Trinajstić information content (AvgIpc) is 3.27. The van der Waals surface area contributed by atoms with E-state index in [2.05, 4.69) is 15.6 Å². The maximum atomic E-state index is 12.5. The van der Waals surface area contributed by atoms with Crippen molar-refractivity contribution in [2.75, 3.05) is 23.7 Å². The van der Waals surface area contributed by atoms with E-state index < -0.39 is 0 Å². The van der Waals surface area contributed by atoms with Crippen molar-refractivity contribution in [1.29, 1.82) is 0 Å². The third kappa shape index (κ3) is 5.82. The lowest BCUT2D eigenvalue weighted by Gasteiger charge is -2.31. The van der Waals surface area contributed by atoms with E-state index in [9.17, 15) is 9.59 Å². The Morgan fingerprint density at radius 1 is 1.06 bits per heavy atom. The van der Waals surface area contributed by atoms with Crippen molar-refractivity contribution in [2.24, 2.45) is 0 Å². The Hall–Kier alpha value is -3.39. The molecule has 1 fully saturated rings. The van der Waals surface area contributed by atoms with Crippen molar-refractivity contribution >= 4 is 34.3 Å². The van der Waals surface area contributed by atoms with Crippen LogP contribution in [-0.2, 0) is 11.3 Å². The summed E-state index contributed by atoms with van der Waals surface area (Å²) in [4.78, 5) is 31.8. The molecular formula is C23H24N4O3S. The molecule has 4 rings (SSSR count). The van der Waals surface area contributed by atoms with Gasteiger partial charge in [-0.25, -0.2) is 14.6 Å². The minimum Gasteiger partial charge on any atom is -0.445 e. The number of ether oxygens (including phenoxy) is 1. The van der Waals surface area contributed by atoms with Gasteiger partial charge in [0, 0.05) is 35.8 Å². The zero-order valence-corrected chi connectivity index (χ0v) is 17.8. The highest BCUT2D eigenvalue weighted by molar-refractivity contribution is 7.15. The summed E-state index contributed by atoms with van der Waals surface area (Å²) in [6.07, 6.45) is 3.37. The van der Waals surface area contributed by atoms with Crippen LogP contribution in [0.3, 0.4) is 0 Å². The Bertz CT molecular complexity index is 1010. The standard InChI is InChI=1S/C23H24N4O3S/c28-21(25-19-11-5-2-6-12-19)26-22-24-14-20(31-22)18-10-7-13-27(15-18)23(29)30-16-17-8-3-1-4-9-17/h1-6,8-9,11-12,14,18H,7,10,13,15-16H2,(H2,24,25,26,28). The molecule has 0 radical (unpaired) electrons. The number of carbonyl (C=O) groups excluding carboxylic acids is 2. The molecule has 2 heterocycles. The highest BCUT2D eigenvalue weighted by Gasteiger charge is 2.27. The molecule has 0 aliphatic carbocycles. The first-order valence-corrected chi connectivity index (χ1v) is 11.0. The lowest BCUT2D eigenvalue weighted by Crippen LogP contribution is -2.39. The first-order chi connectivity index (χ1) is 15.2. The molecule has 0 bridgehead atoms. The van der Waals surface area contributed by atoms with Gasteiger partial charge in [-0.1, -0.05) is 48.5 Å². The molecule has 0 saturated carbocycles. The molecule has 1 saturated heterocycles. The number of para-hydroxylation sites is 1. The van der Waals surface area contributed by atoms with Gasteiger partial charge in [-0.3, -0.25) is 5.32 Å². The number of carbonyl (C=O) groups is 2. The number of rotatable bonds is 5. The number of amides is 3. The zero-order valence-electron chi connectivity index (χ0n) is 17.0. The monoisotopic (exact) mass is 436 g/mol. The van der Waals surface area contributed by atoms with Crippen LogP contribution < -0.4 is 10.6 Å². The van der Waals surface area contributed by atoms with Gasteiger partial charge < -0.3 is 15.0 Å². The number of benzene rings is 2. The molecule has 160 valence electrons. The minimum absolute atomic E-state index is 0.184. The van der Waals surface area contributed by atoms with E-state index in [1.54, 1.807) is 11.1 Å². The molecule has 1 atom stereocenters. The first kappa shape index (κ1) is 20.9. The summed E-state index contributed by atoms with van der Waals surface area (Å²) in [5.41, 5.74) is 1.69. The SMILES string of the molecule is O=C(Nc1ccccc1)Nc1ncc(C2CCCN(C(=O)OCc3ccccc3)C2)s1. The highest BCUT2D eigenvalue weighted by atomic mass is 32.1. The quantitative estimate of drug-likeness (QED) is 0.568. The normalized spacial score (nSPS) is 15.9. The van der Waals surface area contributed by atoms with Crippen molar-refractivity contribution < 1.29 is 14.3 Å². The Morgan fingerprint density at radius 3 is 2.58 bits per heavy atom. The number of hydrogen-bond acceptors (Lipinski definition) is 5. The molecule has 7 nitrogen and oxygen atoms in total. The van der Waals surface area contributed by atoms with Gasteiger partial charge in [0.25, 0.3) is 0 Å². The third-order valence-corrected chi connectivity index (χ3v) is 6.14. The van der Waals surface area contributed by atoms with E-state index in [4.69, 9.17) is 4.74 Å². The second-order valence-electron chi connectivity index (χ2n) is 7.34. The maximum Gasteiger partial charge on any atom is 0.410 e. The lowest BCUT2D eigenvalue weighted by molar-refractivity contribution is 0.0861. The Kier molecular flexibility index (Phi) is 6.78. The van der Waals surface area contributed by atoms with Crippen molar-refractivity contribution in [1.82, 2.24) is 9.88 Å². The summed E-state index contributed by atoms with van der Waals surface area (Å²) in [7, 11) is 0. The zero-order chi connectivity index (χ0) is 21.5. The van der Waals surface area contributed by atoms with E-state index in [1.807, 2.05) is 60.7 Å². The van der Waals surface area contributed by atoms with Gasteiger partial charge in [0.2, 0.25) is 0 Å². The van der Waals surface area contributed by atoms with Crippen LogP contribution >= 0.6 is 11.3 Å². The van der Waals surface area contributed by atoms with E-state index in [0.717, 1.165) is 23.3 Å². The number of aromatic nitrogens is 1. The summed E-state index contributed by atoms with van der Waals surface area (Å²) in [5.74, 6) is 0.184. The first-order valence-electron chi connectivity index (χ1n) is 10.2. The molecule has 1 unspecified atom stereocenters. The average molecular weight is 437 g/mol. The molecule has 3 aromatic rings. The van der Waals surface area contributed by atoms with Gasteiger partial charge in [-0.05, 0) is 30.5 Å². The van der Waals surface area contributed by atoms with Crippen LogP contribution in [0.25, 0.3) is 0 Å². The fourth-order valence-corrected chi connectivity index (χ4v) is 4.44. The number of nitrogens with one attached hydrogen (secondary N) is 2. The van der Waals surface area contributed by atoms with Gasteiger partial charge in [-0.15, -0.1) is 11.3 Å². The van der Waals surface area contributed by atoms with Crippen LogP contribution in [-0.4, -0.2) is 35.1 Å². The van der Waals surface area contributed by atoms with Gasteiger partial charge in [0.05, 0.1) is 0 Å². The number of nitrogens with zero attached hydrogens (tertiary/aromatic N) is 2. The number of urea groups is 1. The van der Waals surface area contributed by atoms with Gasteiger partial charge >= 0.3 is 12.1 Å². The second-order valence-corrected chi connectivity index (χ2v) is 8.40. The molecule has 3 amide bonds. The number of piperidine rings is 1. The summed E-state index contributed by atoms with van der Waals surface area (Å²) in [6.45, 7) is 1.55. The fourth-order valence-electron chi connectivity index (χ4n) is 3.50. The predicted octanol–water partition coefficient (Wildman–Crippen LogP) is 5.30. The largest absolute Gasteiger partial charge is 0.445 e. The van der Waals surface area contributed by atoms with Crippen molar-refractivity contribution in [2.45, 2.75) is 25.4 Å². The summed E-state index contributed by atoms with van der Waals surface area (Å²) >= 11 is 1.44. The van der Waals surface area contributed by atoms with E-state index >= 15 is 0 Å². The summed E-state index contributed by atoms with van der Waals surface area (Å²) in [5, 5.41) is 6.08. The van der Waals surface area contributed by atoms with Crippen molar-refractivity contribution in [3.8, 4) is 0 Å². The van der Waals surface area contributed by atoms with Crippen molar-refractivity contribution in [3.63, 3.8) is 0 Å². The van der Waals surface area contributed by atoms with E-state index in [-0.39, 0.29) is 24.6 Å². The molecule has 1 aromatic heterocycles. The highest BCUT2D eigenvalue weighted by Crippen LogP contribution is 2.32. The van der Waals surface area contributed by atoms with Crippen LogP contribution in [0.2, 0.25) is 0 Å². The predicted molar refractivity (Wildman–Crippen MR) is 121 cm³/mol. The topological polar surface area (TPSA) is 83.6 Å². The van der Waals surface area contributed by atoms with Crippen LogP contribution in [0.4, 0.5) is 20.4 Å². The molecule has 31 heavy (non-hydrogen) atoms. The van der Waals surface area contributed by atoms with E-state index in [1.165, 1.54) is 11.3 Å². The number of likely N-dealkylation sites (tertiary alicyclic amines) is 1. The molecular weight excluding hydrogens is 412 g/mol. The molecule has 2 N–H and O–H groups in total. The van der Waals surface area contributed by atoms with Crippen LogP contribution in [0.5, 0.6) is 0 Å². The summed E-state index contributed by atoms with van der Waals surface area (Å²) in [6, 6.07) is 18.6. The molecule has 0 spiro atoms. The summed E-state index contributed by atoms with van der Waals surface area (Å²) < 4.78 is 5.48.